The molecule has 1 saturated heterocycles. The van der Waals surface area contributed by atoms with Gasteiger partial charge in [-0.3, -0.25) is 14.7 Å². The second kappa shape index (κ2) is 9.81. The number of carbonyl (C=O) groups excluding carboxylic acids is 1. The third kappa shape index (κ3) is 4.61. The van der Waals surface area contributed by atoms with Crippen LogP contribution >= 0.6 is 0 Å². The van der Waals surface area contributed by atoms with Crippen LogP contribution < -0.4 is 15.4 Å². The van der Waals surface area contributed by atoms with Crippen LogP contribution in [0.15, 0.2) is 48.8 Å². The van der Waals surface area contributed by atoms with Crippen molar-refractivity contribution >= 4 is 11.6 Å². The summed E-state index contributed by atoms with van der Waals surface area (Å²) in [5.41, 5.74) is 10.6. The molecule has 4 rings (SSSR count). The summed E-state index contributed by atoms with van der Waals surface area (Å²) in [6, 6.07) is 12.0. The predicted octanol–water partition coefficient (Wildman–Crippen LogP) is 4.50. The Hall–Kier alpha value is -3.45. The first-order chi connectivity index (χ1) is 16.3. The van der Waals surface area contributed by atoms with Gasteiger partial charge in [0.1, 0.15) is 17.1 Å². The molecule has 178 valence electrons. The summed E-state index contributed by atoms with van der Waals surface area (Å²) in [4.78, 5) is 20.9. The van der Waals surface area contributed by atoms with E-state index in [1.165, 1.54) is 18.9 Å². The van der Waals surface area contributed by atoms with Crippen molar-refractivity contribution in [2.45, 2.75) is 26.8 Å². The van der Waals surface area contributed by atoms with Gasteiger partial charge in [-0.1, -0.05) is 12.1 Å². The van der Waals surface area contributed by atoms with Crippen molar-refractivity contribution in [3.8, 4) is 28.0 Å². The molecule has 1 fully saturated rings. The highest BCUT2D eigenvalue weighted by molar-refractivity contribution is 5.97. The lowest BCUT2D eigenvalue weighted by Gasteiger charge is -2.38. The number of primary amides is 1. The number of amides is 1. The lowest BCUT2D eigenvalue weighted by Crippen LogP contribution is -2.48. The van der Waals surface area contributed by atoms with Crippen LogP contribution in [-0.2, 0) is 0 Å². The lowest BCUT2D eigenvalue weighted by atomic mass is 9.94. The average Bonchev–Trinajstić information content (AvgIpc) is 2.83. The number of hydrogen-bond donors (Lipinski definition) is 1. The molecule has 2 heterocycles. The van der Waals surface area contributed by atoms with Crippen LogP contribution in [0.3, 0.4) is 0 Å². The fraction of sp³-hybridized carbons (Fsp3) is 0.333. The molecule has 1 aliphatic rings. The summed E-state index contributed by atoms with van der Waals surface area (Å²) >= 11 is 0. The van der Waals surface area contributed by atoms with Crippen molar-refractivity contribution in [3.63, 3.8) is 0 Å². The Morgan fingerprint density at radius 2 is 1.65 bits per heavy atom. The molecule has 0 bridgehead atoms. The van der Waals surface area contributed by atoms with Crippen molar-refractivity contribution in [1.29, 1.82) is 0 Å². The standard InChI is InChI=1S/C27H31FN4O2/c1-17(2)31-9-11-32(12-10-31)21-7-5-19(6-8-21)22-15-30-16-23(18(22)3)20-13-24(28)26(27(29)33)25(14-20)34-4/h5-8,13-17H,9-12H2,1-4H3,(H2,29,33). The van der Waals surface area contributed by atoms with Crippen molar-refractivity contribution < 1.29 is 13.9 Å². The molecular formula is C27H31FN4O2. The number of halogens is 1. The predicted molar refractivity (Wildman–Crippen MR) is 134 cm³/mol. The summed E-state index contributed by atoms with van der Waals surface area (Å²) in [6.07, 6.45) is 3.51. The molecular weight excluding hydrogens is 431 g/mol. The Balaban J connectivity index is 1.62. The molecule has 6 nitrogen and oxygen atoms in total. The summed E-state index contributed by atoms with van der Waals surface area (Å²) in [6.45, 7) is 10.6. The molecule has 0 aliphatic carbocycles. The number of carbonyl (C=O) groups is 1. The third-order valence-corrected chi connectivity index (χ3v) is 6.63. The van der Waals surface area contributed by atoms with E-state index in [2.05, 4.69) is 52.9 Å². The summed E-state index contributed by atoms with van der Waals surface area (Å²) in [5.74, 6) is -1.47. The SMILES string of the molecule is COc1cc(-c2cncc(-c3ccc(N4CCN(C(C)C)CC4)cc3)c2C)cc(F)c1C(N)=O. The molecule has 0 unspecified atom stereocenters. The largest absolute Gasteiger partial charge is 0.496 e. The molecule has 34 heavy (non-hydrogen) atoms. The normalized spacial score (nSPS) is 14.5. The molecule has 1 aromatic heterocycles. The third-order valence-electron chi connectivity index (χ3n) is 6.63. The van der Waals surface area contributed by atoms with Crippen LogP contribution in [0.2, 0.25) is 0 Å². The van der Waals surface area contributed by atoms with Gasteiger partial charge in [-0.05, 0) is 61.7 Å². The minimum Gasteiger partial charge on any atom is -0.496 e. The van der Waals surface area contributed by atoms with E-state index in [0.717, 1.165) is 48.4 Å². The first kappa shape index (κ1) is 23.7. The Kier molecular flexibility index (Phi) is 6.84. The molecule has 2 aromatic carbocycles. The van der Waals surface area contributed by atoms with Gasteiger partial charge in [0.2, 0.25) is 0 Å². The van der Waals surface area contributed by atoms with Crippen molar-refractivity contribution in [2.75, 3.05) is 38.2 Å². The van der Waals surface area contributed by atoms with E-state index < -0.39 is 11.7 Å². The van der Waals surface area contributed by atoms with Crippen molar-refractivity contribution in [2.24, 2.45) is 5.73 Å². The van der Waals surface area contributed by atoms with Gasteiger partial charge >= 0.3 is 0 Å². The molecule has 2 N–H and O–H groups in total. The number of piperazine rings is 1. The highest BCUT2D eigenvalue weighted by Gasteiger charge is 2.20. The molecule has 0 radical (unpaired) electrons. The van der Waals surface area contributed by atoms with Crippen LogP contribution in [-0.4, -0.2) is 55.1 Å². The van der Waals surface area contributed by atoms with Gasteiger partial charge in [-0.25, -0.2) is 4.39 Å². The van der Waals surface area contributed by atoms with Gasteiger partial charge in [-0.2, -0.15) is 0 Å². The topological polar surface area (TPSA) is 71.7 Å². The Bertz CT molecular complexity index is 1190. The van der Waals surface area contributed by atoms with Crippen LogP contribution in [0.1, 0.15) is 29.8 Å². The summed E-state index contributed by atoms with van der Waals surface area (Å²) in [7, 11) is 1.39. The number of benzene rings is 2. The second-order valence-corrected chi connectivity index (χ2v) is 8.92. The quantitative estimate of drug-likeness (QED) is 0.584. The monoisotopic (exact) mass is 462 g/mol. The molecule has 1 aliphatic heterocycles. The Morgan fingerprint density at radius 1 is 1.03 bits per heavy atom. The maximum atomic E-state index is 14.7. The van der Waals surface area contributed by atoms with Gasteiger partial charge in [0.25, 0.3) is 5.91 Å². The number of nitrogens with two attached hydrogens (primary N) is 1. The number of methoxy groups -OCH3 is 1. The first-order valence-electron chi connectivity index (χ1n) is 11.5. The van der Waals surface area contributed by atoms with Crippen LogP contribution in [0, 0.1) is 12.7 Å². The van der Waals surface area contributed by atoms with Gasteiger partial charge in [0.15, 0.2) is 0 Å². The maximum absolute atomic E-state index is 14.7. The van der Waals surface area contributed by atoms with E-state index in [4.69, 9.17) is 10.5 Å². The number of rotatable bonds is 6. The Labute approximate surface area is 200 Å². The zero-order chi connectivity index (χ0) is 24.4. The first-order valence-corrected chi connectivity index (χ1v) is 11.5. The molecule has 0 spiro atoms. The molecule has 7 heteroatoms. The van der Waals surface area contributed by atoms with Crippen molar-refractivity contribution in [3.05, 3.63) is 65.7 Å². The zero-order valence-corrected chi connectivity index (χ0v) is 20.1. The van der Waals surface area contributed by atoms with Gasteiger partial charge < -0.3 is 15.4 Å². The van der Waals surface area contributed by atoms with Crippen LogP contribution in [0.4, 0.5) is 10.1 Å². The number of nitrogens with zero attached hydrogens (tertiary/aromatic N) is 3. The number of anilines is 1. The van der Waals surface area contributed by atoms with Crippen LogP contribution in [0.5, 0.6) is 5.75 Å². The van der Waals surface area contributed by atoms with E-state index in [9.17, 15) is 9.18 Å². The number of ether oxygens (including phenoxy) is 1. The number of pyridine rings is 1. The van der Waals surface area contributed by atoms with Crippen molar-refractivity contribution in [1.82, 2.24) is 9.88 Å². The fourth-order valence-corrected chi connectivity index (χ4v) is 4.59. The highest BCUT2D eigenvalue weighted by atomic mass is 19.1. The Morgan fingerprint density at radius 3 is 2.21 bits per heavy atom. The average molecular weight is 463 g/mol. The highest BCUT2D eigenvalue weighted by Crippen LogP contribution is 2.35. The minimum absolute atomic E-state index is 0.106. The van der Waals surface area contributed by atoms with Gasteiger partial charge in [0, 0.05) is 61.4 Å². The minimum atomic E-state index is -0.866. The molecule has 0 saturated carbocycles. The number of aromatic nitrogens is 1. The summed E-state index contributed by atoms with van der Waals surface area (Å²) < 4.78 is 19.9. The van der Waals surface area contributed by atoms with E-state index in [0.29, 0.717) is 11.6 Å². The zero-order valence-electron chi connectivity index (χ0n) is 20.1. The van der Waals surface area contributed by atoms with E-state index in [1.807, 2.05) is 13.1 Å². The fourth-order valence-electron chi connectivity index (χ4n) is 4.59. The smallest absolute Gasteiger partial charge is 0.255 e. The number of hydrogen-bond acceptors (Lipinski definition) is 5. The van der Waals surface area contributed by atoms with E-state index in [-0.39, 0.29) is 11.3 Å². The van der Waals surface area contributed by atoms with Crippen LogP contribution in [0.25, 0.3) is 22.3 Å². The van der Waals surface area contributed by atoms with Gasteiger partial charge in [-0.15, -0.1) is 0 Å². The lowest BCUT2D eigenvalue weighted by molar-refractivity contribution is 0.0993. The summed E-state index contributed by atoms with van der Waals surface area (Å²) in [5, 5.41) is 0. The van der Waals surface area contributed by atoms with E-state index >= 15 is 0 Å². The molecule has 1 amide bonds. The van der Waals surface area contributed by atoms with Gasteiger partial charge in [0.05, 0.1) is 7.11 Å². The van der Waals surface area contributed by atoms with E-state index in [1.54, 1.807) is 12.3 Å². The molecule has 3 aromatic rings. The second-order valence-electron chi connectivity index (χ2n) is 8.92. The maximum Gasteiger partial charge on any atom is 0.255 e. The molecule has 0 atom stereocenters.